The number of nitrogens with one attached hydrogen (secondary N) is 1. The highest BCUT2D eigenvalue weighted by atomic mass is 79.9. The molecule has 0 aliphatic carbocycles. The summed E-state index contributed by atoms with van der Waals surface area (Å²) in [5.41, 5.74) is 1.83. The van der Waals surface area contributed by atoms with Crippen LogP contribution in [0, 0.1) is 0 Å². The number of fused-ring (bicyclic) bond motifs is 1. The van der Waals surface area contributed by atoms with Crippen molar-refractivity contribution < 1.29 is 0 Å². The van der Waals surface area contributed by atoms with Crippen LogP contribution in [0.1, 0.15) is 24.6 Å². The molecular weight excluding hydrogens is 280 g/mol. The van der Waals surface area contributed by atoms with Crippen molar-refractivity contribution in [1.29, 1.82) is 0 Å². The number of hydrogen-bond acceptors (Lipinski definition) is 3. The third kappa shape index (κ3) is 2.09. The lowest BCUT2D eigenvalue weighted by atomic mass is 9.97. The number of piperidine rings is 1. The molecule has 3 rings (SSSR count). The molecule has 5 heteroatoms. The Morgan fingerprint density at radius 3 is 2.88 bits per heavy atom. The molecule has 3 heterocycles. The molecule has 17 heavy (non-hydrogen) atoms. The third-order valence-corrected chi connectivity index (χ3v) is 4.13. The Bertz CT molecular complexity index is 528. The number of halogens is 1. The maximum Gasteiger partial charge on any atom is 0.178 e. The van der Waals surface area contributed by atoms with Crippen LogP contribution in [0.15, 0.2) is 16.7 Å². The number of H-pyrrole nitrogens is 1. The van der Waals surface area contributed by atoms with Gasteiger partial charge in [0.05, 0.1) is 5.52 Å². The van der Waals surface area contributed by atoms with E-state index in [-0.39, 0.29) is 0 Å². The molecular formula is C12H15BrN4. The van der Waals surface area contributed by atoms with E-state index in [2.05, 4.69) is 42.8 Å². The Morgan fingerprint density at radius 2 is 2.18 bits per heavy atom. The van der Waals surface area contributed by atoms with E-state index in [9.17, 15) is 0 Å². The molecule has 0 bridgehead atoms. The van der Waals surface area contributed by atoms with E-state index < -0.39 is 0 Å². The molecule has 4 nitrogen and oxygen atoms in total. The van der Waals surface area contributed by atoms with E-state index in [4.69, 9.17) is 0 Å². The lowest BCUT2D eigenvalue weighted by Crippen LogP contribution is -2.29. The molecule has 0 unspecified atom stereocenters. The van der Waals surface area contributed by atoms with E-state index >= 15 is 0 Å². The molecule has 0 amide bonds. The second kappa shape index (κ2) is 4.38. The minimum Gasteiger partial charge on any atom is -0.339 e. The first kappa shape index (κ1) is 11.2. The van der Waals surface area contributed by atoms with Gasteiger partial charge in [0.2, 0.25) is 0 Å². The number of imidazole rings is 1. The lowest BCUT2D eigenvalue weighted by Gasteiger charge is -2.27. The van der Waals surface area contributed by atoms with Crippen molar-refractivity contribution >= 4 is 27.1 Å². The van der Waals surface area contributed by atoms with Crippen LogP contribution in [0.25, 0.3) is 11.2 Å². The second-order valence-corrected chi connectivity index (χ2v) is 5.55. The van der Waals surface area contributed by atoms with Crippen molar-refractivity contribution in [2.24, 2.45) is 0 Å². The lowest BCUT2D eigenvalue weighted by molar-refractivity contribution is 0.252. The molecule has 2 aromatic rings. The van der Waals surface area contributed by atoms with Gasteiger partial charge in [-0.25, -0.2) is 9.97 Å². The van der Waals surface area contributed by atoms with Crippen molar-refractivity contribution in [2.75, 3.05) is 20.1 Å². The van der Waals surface area contributed by atoms with Gasteiger partial charge < -0.3 is 9.88 Å². The summed E-state index contributed by atoms with van der Waals surface area (Å²) in [5, 5.41) is 0. The average Bonchev–Trinajstić information content (AvgIpc) is 2.75. The largest absolute Gasteiger partial charge is 0.339 e. The van der Waals surface area contributed by atoms with Crippen LogP contribution in [-0.4, -0.2) is 40.0 Å². The van der Waals surface area contributed by atoms with Crippen LogP contribution in [0.5, 0.6) is 0 Å². The van der Waals surface area contributed by atoms with Gasteiger partial charge in [-0.3, -0.25) is 0 Å². The molecule has 1 aliphatic heterocycles. The molecule has 2 aromatic heterocycles. The Labute approximate surface area is 109 Å². The van der Waals surface area contributed by atoms with E-state index in [1.54, 1.807) is 6.20 Å². The van der Waals surface area contributed by atoms with Gasteiger partial charge in [0.1, 0.15) is 5.82 Å². The molecule has 1 fully saturated rings. The van der Waals surface area contributed by atoms with Gasteiger partial charge in [0, 0.05) is 16.6 Å². The van der Waals surface area contributed by atoms with Crippen molar-refractivity contribution in [1.82, 2.24) is 19.9 Å². The molecule has 90 valence electrons. The molecule has 0 saturated carbocycles. The monoisotopic (exact) mass is 294 g/mol. The first-order valence-corrected chi connectivity index (χ1v) is 6.72. The highest BCUT2D eigenvalue weighted by Crippen LogP contribution is 2.28. The smallest absolute Gasteiger partial charge is 0.178 e. The topological polar surface area (TPSA) is 44.8 Å². The van der Waals surface area contributed by atoms with Gasteiger partial charge in [-0.15, -0.1) is 0 Å². The summed E-state index contributed by atoms with van der Waals surface area (Å²) in [6.45, 7) is 2.30. The van der Waals surface area contributed by atoms with Gasteiger partial charge in [-0.1, -0.05) is 0 Å². The highest BCUT2D eigenvalue weighted by Gasteiger charge is 2.21. The second-order valence-electron chi connectivity index (χ2n) is 4.69. The van der Waals surface area contributed by atoms with E-state index in [0.717, 1.165) is 34.6 Å². The SMILES string of the molecule is CN1CCC(c2nc3nccc(Br)c3[nH]2)CC1. The molecule has 0 atom stereocenters. The van der Waals surface area contributed by atoms with Crippen LogP contribution >= 0.6 is 15.9 Å². The summed E-state index contributed by atoms with van der Waals surface area (Å²) in [4.78, 5) is 14.7. The van der Waals surface area contributed by atoms with Crippen molar-refractivity contribution in [2.45, 2.75) is 18.8 Å². The average molecular weight is 295 g/mol. The quantitative estimate of drug-likeness (QED) is 0.879. The molecule has 1 aliphatic rings. The minimum atomic E-state index is 0.548. The van der Waals surface area contributed by atoms with Gasteiger partial charge in [-0.05, 0) is 55.0 Å². The number of rotatable bonds is 1. The Morgan fingerprint density at radius 1 is 1.41 bits per heavy atom. The standard InChI is InChI=1S/C12H15BrN4/c1-17-6-3-8(4-7-17)11-15-10-9(13)2-5-14-12(10)16-11/h2,5,8H,3-4,6-7H2,1H3,(H,14,15,16). The number of likely N-dealkylation sites (tertiary alicyclic amines) is 1. The minimum absolute atomic E-state index is 0.548. The van der Waals surface area contributed by atoms with Gasteiger partial charge in [0.25, 0.3) is 0 Å². The predicted molar refractivity (Wildman–Crippen MR) is 71.1 cm³/mol. The van der Waals surface area contributed by atoms with Gasteiger partial charge >= 0.3 is 0 Å². The summed E-state index contributed by atoms with van der Waals surface area (Å²) in [6, 6.07) is 1.94. The first-order chi connectivity index (χ1) is 8.24. The van der Waals surface area contributed by atoms with E-state index in [1.807, 2.05) is 6.07 Å². The molecule has 1 saturated heterocycles. The fourth-order valence-electron chi connectivity index (χ4n) is 2.37. The molecule has 1 N–H and O–H groups in total. The third-order valence-electron chi connectivity index (χ3n) is 3.46. The zero-order valence-electron chi connectivity index (χ0n) is 9.78. The van der Waals surface area contributed by atoms with Crippen molar-refractivity contribution in [3.63, 3.8) is 0 Å². The summed E-state index contributed by atoms with van der Waals surface area (Å²) in [6.07, 6.45) is 4.13. The van der Waals surface area contributed by atoms with Crippen molar-refractivity contribution in [3.8, 4) is 0 Å². The van der Waals surface area contributed by atoms with Crippen LogP contribution in [0.3, 0.4) is 0 Å². The molecule has 0 spiro atoms. The summed E-state index contributed by atoms with van der Waals surface area (Å²) in [7, 11) is 2.17. The normalized spacial score (nSPS) is 18.9. The predicted octanol–water partition coefficient (Wildman–Crippen LogP) is 2.53. The van der Waals surface area contributed by atoms with Gasteiger partial charge in [-0.2, -0.15) is 0 Å². The zero-order chi connectivity index (χ0) is 11.8. The first-order valence-electron chi connectivity index (χ1n) is 5.92. The van der Waals surface area contributed by atoms with Crippen molar-refractivity contribution in [3.05, 3.63) is 22.6 Å². The summed E-state index contributed by atoms with van der Waals surface area (Å²) < 4.78 is 1.04. The fourth-order valence-corrected chi connectivity index (χ4v) is 2.77. The number of nitrogens with zero attached hydrogens (tertiary/aromatic N) is 3. The van der Waals surface area contributed by atoms with Crippen LogP contribution in [0.2, 0.25) is 0 Å². The van der Waals surface area contributed by atoms with E-state index in [0.29, 0.717) is 5.92 Å². The Balaban J connectivity index is 1.93. The van der Waals surface area contributed by atoms with Crippen LogP contribution in [-0.2, 0) is 0 Å². The Kier molecular flexibility index (Phi) is 2.88. The Hall–Kier alpha value is -0.940. The number of aromatic amines is 1. The maximum absolute atomic E-state index is 4.61. The van der Waals surface area contributed by atoms with E-state index in [1.165, 1.54) is 12.8 Å². The molecule has 0 aromatic carbocycles. The maximum atomic E-state index is 4.61. The summed E-state index contributed by atoms with van der Waals surface area (Å²) in [5.74, 6) is 1.64. The number of aromatic nitrogens is 3. The van der Waals surface area contributed by atoms with Gasteiger partial charge in [0.15, 0.2) is 5.65 Å². The van der Waals surface area contributed by atoms with Crippen LogP contribution in [0.4, 0.5) is 0 Å². The number of pyridine rings is 1. The molecule has 0 radical (unpaired) electrons. The summed E-state index contributed by atoms with van der Waals surface area (Å²) >= 11 is 3.52. The zero-order valence-corrected chi connectivity index (χ0v) is 11.4. The van der Waals surface area contributed by atoms with Crippen LogP contribution < -0.4 is 0 Å². The fraction of sp³-hybridized carbons (Fsp3) is 0.500. The highest BCUT2D eigenvalue weighted by molar-refractivity contribution is 9.10. The number of hydrogen-bond donors (Lipinski definition) is 1.